The number of hydrogen-bond donors (Lipinski definition) is 2. The number of sulfonamides is 1. The number of benzene rings is 3. The molecular formula is C23H24N2O3S2. The van der Waals surface area contributed by atoms with Crippen LogP contribution in [-0.4, -0.2) is 26.6 Å². The van der Waals surface area contributed by atoms with Crippen LogP contribution >= 0.6 is 11.8 Å². The van der Waals surface area contributed by atoms with Gasteiger partial charge in [-0.15, -0.1) is 0 Å². The lowest BCUT2D eigenvalue weighted by atomic mass is 10.1. The molecule has 5 nitrogen and oxygen atoms in total. The van der Waals surface area contributed by atoms with Gasteiger partial charge in [0.2, 0.25) is 0 Å². The number of para-hydroxylation sites is 1. The molecule has 30 heavy (non-hydrogen) atoms. The van der Waals surface area contributed by atoms with E-state index in [1.54, 1.807) is 54.2 Å². The average Bonchev–Trinajstić information content (AvgIpc) is 2.75. The summed E-state index contributed by atoms with van der Waals surface area (Å²) in [6.45, 7) is 2.58. The van der Waals surface area contributed by atoms with Crippen LogP contribution in [0.3, 0.4) is 0 Å². The fourth-order valence-electron chi connectivity index (χ4n) is 2.86. The number of rotatable bonds is 9. The van der Waals surface area contributed by atoms with Crippen molar-refractivity contribution in [3.8, 4) is 0 Å². The van der Waals surface area contributed by atoms with E-state index in [0.29, 0.717) is 12.1 Å². The fraction of sp³-hybridized carbons (Fsp3) is 0.174. The van der Waals surface area contributed by atoms with E-state index in [1.807, 2.05) is 12.1 Å². The summed E-state index contributed by atoms with van der Waals surface area (Å²) in [6.07, 6.45) is 0. The molecule has 0 aliphatic rings. The monoisotopic (exact) mass is 440 g/mol. The van der Waals surface area contributed by atoms with Crippen molar-refractivity contribution < 1.29 is 13.2 Å². The van der Waals surface area contributed by atoms with Gasteiger partial charge in [0.15, 0.2) is 0 Å². The topological polar surface area (TPSA) is 75.3 Å². The van der Waals surface area contributed by atoms with Crippen LogP contribution in [0.25, 0.3) is 0 Å². The molecule has 2 N–H and O–H groups in total. The van der Waals surface area contributed by atoms with Crippen LogP contribution < -0.4 is 10.0 Å². The summed E-state index contributed by atoms with van der Waals surface area (Å²) in [5.41, 5.74) is 3.09. The van der Waals surface area contributed by atoms with E-state index < -0.39 is 10.0 Å². The maximum atomic E-state index is 12.6. The number of carbonyl (C=O) groups is 1. The van der Waals surface area contributed by atoms with Gasteiger partial charge in [-0.1, -0.05) is 54.6 Å². The number of amides is 1. The first-order chi connectivity index (χ1) is 14.5. The smallest absolute Gasteiger partial charge is 0.261 e. The maximum Gasteiger partial charge on any atom is 0.261 e. The molecule has 0 aromatic heterocycles. The third-order valence-corrected chi connectivity index (χ3v) is 6.91. The third kappa shape index (κ3) is 5.87. The fourth-order valence-corrected chi connectivity index (χ4v) is 4.89. The van der Waals surface area contributed by atoms with E-state index >= 15 is 0 Å². The second-order valence-electron chi connectivity index (χ2n) is 6.70. The molecule has 0 fully saturated rings. The molecule has 7 heteroatoms. The van der Waals surface area contributed by atoms with Crippen molar-refractivity contribution in [3.05, 3.63) is 95.6 Å². The number of nitrogens with one attached hydrogen (secondary N) is 2. The van der Waals surface area contributed by atoms with Crippen LogP contribution in [0, 0.1) is 6.92 Å². The van der Waals surface area contributed by atoms with Crippen LogP contribution in [0.1, 0.15) is 21.5 Å². The Labute approximate surface area is 182 Å². The minimum atomic E-state index is -3.77. The lowest BCUT2D eigenvalue weighted by molar-refractivity contribution is 0.0957. The Bertz CT molecular complexity index is 1100. The minimum Gasteiger partial charge on any atom is -0.351 e. The third-order valence-electron chi connectivity index (χ3n) is 4.52. The average molecular weight is 441 g/mol. The molecule has 3 aromatic carbocycles. The summed E-state index contributed by atoms with van der Waals surface area (Å²) < 4.78 is 27.7. The Morgan fingerprint density at radius 2 is 1.57 bits per heavy atom. The van der Waals surface area contributed by atoms with Crippen molar-refractivity contribution in [2.75, 3.05) is 17.0 Å². The van der Waals surface area contributed by atoms with Gasteiger partial charge in [0.25, 0.3) is 15.9 Å². The van der Waals surface area contributed by atoms with Crippen LogP contribution in [0.5, 0.6) is 0 Å². The lowest BCUT2D eigenvalue weighted by Crippen LogP contribution is -2.27. The van der Waals surface area contributed by atoms with Gasteiger partial charge in [-0.2, -0.15) is 11.8 Å². The second-order valence-corrected chi connectivity index (χ2v) is 9.49. The van der Waals surface area contributed by atoms with Gasteiger partial charge in [-0.05, 0) is 42.3 Å². The number of thioether (sulfide) groups is 1. The molecule has 0 aliphatic carbocycles. The number of anilines is 1. The van der Waals surface area contributed by atoms with E-state index in [2.05, 4.69) is 29.1 Å². The normalized spacial score (nSPS) is 11.1. The highest BCUT2D eigenvalue weighted by atomic mass is 32.2. The van der Waals surface area contributed by atoms with Gasteiger partial charge in [0, 0.05) is 18.1 Å². The Kier molecular flexibility index (Phi) is 7.54. The Morgan fingerprint density at radius 3 is 2.33 bits per heavy atom. The van der Waals surface area contributed by atoms with Crippen LogP contribution in [0.15, 0.2) is 83.8 Å². The first kappa shape index (κ1) is 21.9. The van der Waals surface area contributed by atoms with Crippen LogP contribution in [0.2, 0.25) is 0 Å². The number of carbonyl (C=O) groups excluding carboxylic acids is 1. The number of aryl methyl sites for hydroxylation is 1. The van der Waals surface area contributed by atoms with Crippen molar-refractivity contribution >= 4 is 33.4 Å². The van der Waals surface area contributed by atoms with Gasteiger partial charge in [0.1, 0.15) is 0 Å². The predicted molar refractivity (Wildman–Crippen MR) is 123 cm³/mol. The molecule has 0 aliphatic heterocycles. The summed E-state index contributed by atoms with van der Waals surface area (Å²) >= 11 is 1.74. The predicted octanol–water partition coefficient (Wildman–Crippen LogP) is 4.46. The summed E-state index contributed by atoms with van der Waals surface area (Å²) in [6, 6.07) is 22.9. The highest BCUT2D eigenvalue weighted by Gasteiger charge is 2.18. The second kappa shape index (κ2) is 10.3. The summed E-state index contributed by atoms with van der Waals surface area (Å²) in [5, 5.41) is 2.87. The van der Waals surface area contributed by atoms with E-state index in [1.165, 1.54) is 23.3 Å². The Morgan fingerprint density at radius 1 is 0.900 bits per heavy atom. The molecule has 0 radical (unpaired) electrons. The quantitative estimate of drug-likeness (QED) is 0.482. The van der Waals surface area contributed by atoms with Crippen molar-refractivity contribution in [3.63, 3.8) is 0 Å². The number of hydrogen-bond acceptors (Lipinski definition) is 4. The largest absolute Gasteiger partial charge is 0.351 e. The summed E-state index contributed by atoms with van der Waals surface area (Å²) in [4.78, 5) is 12.8. The maximum absolute atomic E-state index is 12.6. The standard InChI is InChI=1S/C23H24N2O3S2/c1-18-9-5-6-10-19(18)17-29-16-15-24-23(26)21-13-7-8-14-22(21)25-30(27,28)20-11-3-2-4-12-20/h2-14,25H,15-17H2,1H3,(H,24,26). The molecule has 0 bridgehead atoms. The molecule has 0 atom stereocenters. The summed E-state index contributed by atoms with van der Waals surface area (Å²) in [5.74, 6) is 1.34. The molecule has 0 spiro atoms. The van der Waals surface area contributed by atoms with E-state index in [9.17, 15) is 13.2 Å². The lowest BCUT2D eigenvalue weighted by Gasteiger charge is -2.13. The Balaban J connectivity index is 1.57. The van der Waals surface area contributed by atoms with Crippen molar-refractivity contribution in [2.24, 2.45) is 0 Å². The van der Waals surface area contributed by atoms with Gasteiger partial charge in [-0.25, -0.2) is 8.42 Å². The highest BCUT2D eigenvalue weighted by Crippen LogP contribution is 2.20. The molecule has 0 saturated carbocycles. The van der Waals surface area contributed by atoms with Crippen LogP contribution in [-0.2, 0) is 15.8 Å². The first-order valence-electron chi connectivity index (χ1n) is 9.55. The van der Waals surface area contributed by atoms with Crippen molar-refractivity contribution in [1.82, 2.24) is 5.32 Å². The summed E-state index contributed by atoms with van der Waals surface area (Å²) in [7, 11) is -3.77. The zero-order chi connectivity index (χ0) is 21.4. The van der Waals surface area contributed by atoms with Crippen LogP contribution in [0.4, 0.5) is 5.69 Å². The molecule has 0 unspecified atom stereocenters. The molecule has 3 aromatic rings. The zero-order valence-corrected chi connectivity index (χ0v) is 18.3. The Hall–Kier alpha value is -2.77. The zero-order valence-electron chi connectivity index (χ0n) is 16.7. The molecule has 3 rings (SSSR count). The highest BCUT2D eigenvalue weighted by molar-refractivity contribution is 7.98. The molecule has 156 valence electrons. The molecule has 0 saturated heterocycles. The SMILES string of the molecule is Cc1ccccc1CSCCNC(=O)c1ccccc1NS(=O)(=O)c1ccccc1. The van der Waals surface area contributed by atoms with Gasteiger partial charge < -0.3 is 5.32 Å². The van der Waals surface area contributed by atoms with E-state index in [4.69, 9.17) is 0 Å². The van der Waals surface area contributed by atoms with Crippen molar-refractivity contribution in [2.45, 2.75) is 17.6 Å². The molecule has 0 heterocycles. The minimum absolute atomic E-state index is 0.146. The van der Waals surface area contributed by atoms with Gasteiger partial charge in [-0.3, -0.25) is 9.52 Å². The van der Waals surface area contributed by atoms with Gasteiger partial charge >= 0.3 is 0 Å². The molecule has 1 amide bonds. The molecular weight excluding hydrogens is 416 g/mol. The van der Waals surface area contributed by atoms with Gasteiger partial charge in [0.05, 0.1) is 16.1 Å². The van der Waals surface area contributed by atoms with E-state index in [0.717, 1.165) is 11.5 Å². The first-order valence-corrected chi connectivity index (χ1v) is 12.2. The van der Waals surface area contributed by atoms with Crippen molar-refractivity contribution in [1.29, 1.82) is 0 Å². The van der Waals surface area contributed by atoms with E-state index in [-0.39, 0.29) is 16.5 Å².